The van der Waals surface area contributed by atoms with E-state index in [0.29, 0.717) is 6.04 Å². The van der Waals surface area contributed by atoms with Crippen LogP contribution in [-0.2, 0) is 0 Å². The second-order valence-electron chi connectivity index (χ2n) is 5.31. The zero-order valence-corrected chi connectivity index (χ0v) is 13.6. The van der Waals surface area contributed by atoms with Crippen molar-refractivity contribution in [1.82, 2.24) is 5.32 Å². The molecular formula is C18H23NS. The van der Waals surface area contributed by atoms with Crippen LogP contribution < -0.4 is 5.32 Å². The minimum absolute atomic E-state index is 0.389. The van der Waals surface area contributed by atoms with Crippen molar-refractivity contribution >= 4 is 11.8 Å². The van der Waals surface area contributed by atoms with Gasteiger partial charge >= 0.3 is 0 Å². The highest BCUT2D eigenvalue weighted by Gasteiger charge is 2.10. The zero-order valence-electron chi connectivity index (χ0n) is 12.7. The van der Waals surface area contributed by atoms with Gasteiger partial charge in [-0.25, -0.2) is 0 Å². The Balaban J connectivity index is 2.07. The molecule has 0 radical (unpaired) electrons. The molecule has 0 aliphatic carbocycles. The van der Waals surface area contributed by atoms with E-state index in [1.54, 1.807) is 0 Å². The van der Waals surface area contributed by atoms with Crippen molar-refractivity contribution in [1.29, 1.82) is 0 Å². The maximum absolute atomic E-state index is 3.43. The first kappa shape index (κ1) is 15.1. The van der Waals surface area contributed by atoms with Crippen LogP contribution in [0.25, 0.3) is 0 Å². The standard InChI is InChI=1S/C18H23NS/c1-13-6-5-7-17(10-13)20-12-18(19-4)16-9-8-14(2)15(3)11-16/h5-11,18-19H,12H2,1-4H3. The van der Waals surface area contributed by atoms with E-state index in [-0.39, 0.29) is 0 Å². The van der Waals surface area contributed by atoms with Crippen molar-refractivity contribution < 1.29 is 0 Å². The fourth-order valence-electron chi connectivity index (χ4n) is 2.21. The van der Waals surface area contributed by atoms with Gasteiger partial charge in [0.1, 0.15) is 0 Å². The summed E-state index contributed by atoms with van der Waals surface area (Å²) >= 11 is 1.91. The van der Waals surface area contributed by atoms with Crippen LogP contribution in [0.3, 0.4) is 0 Å². The van der Waals surface area contributed by atoms with E-state index in [0.717, 1.165) is 5.75 Å². The first-order valence-electron chi connectivity index (χ1n) is 7.04. The summed E-state index contributed by atoms with van der Waals surface area (Å²) in [6.07, 6.45) is 0. The third-order valence-electron chi connectivity index (χ3n) is 3.69. The average molecular weight is 285 g/mol. The van der Waals surface area contributed by atoms with Gasteiger partial charge in [-0.3, -0.25) is 0 Å². The molecule has 0 bridgehead atoms. The Morgan fingerprint density at radius 1 is 1.00 bits per heavy atom. The Bertz CT molecular complexity index is 577. The molecule has 1 nitrogen and oxygen atoms in total. The first-order valence-corrected chi connectivity index (χ1v) is 8.02. The quantitative estimate of drug-likeness (QED) is 0.802. The van der Waals surface area contributed by atoms with E-state index in [2.05, 4.69) is 68.6 Å². The minimum atomic E-state index is 0.389. The van der Waals surface area contributed by atoms with Crippen molar-refractivity contribution in [2.45, 2.75) is 31.7 Å². The van der Waals surface area contributed by atoms with Gasteiger partial charge in [-0.05, 0) is 56.6 Å². The van der Waals surface area contributed by atoms with E-state index < -0.39 is 0 Å². The van der Waals surface area contributed by atoms with Crippen LogP contribution in [0.15, 0.2) is 47.4 Å². The molecule has 0 heterocycles. The maximum Gasteiger partial charge on any atom is 0.0413 e. The normalized spacial score (nSPS) is 12.4. The molecule has 1 atom stereocenters. The Hall–Kier alpha value is -1.25. The van der Waals surface area contributed by atoms with Crippen molar-refractivity contribution in [3.05, 3.63) is 64.7 Å². The molecule has 106 valence electrons. The van der Waals surface area contributed by atoms with E-state index >= 15 is 0 Å². The van der Waals surface area contributed by atoms with Gasteiger partial charge in [-0.1, -0.05) is 35.9 Å². The summed E-state index contributed by atoms with van der Waals surface area (Å²) < 4.78 is 0. The molecule has 0 aliphatic heterocycles. The van der Waals surface area contributed by atoms with Crippen molar-refractivity contribution in [2.24, 2.45) is 0 Å². The van der Waals surface area contributed by atoms with Gasteiger partial charge in [-0.15, -0.1) is 11.8 Å². The highest BCUT2D eigenvalue weighted by molar-refractivity contribution is 7.99. The molecule has 1 unspecified atom stereocenters. The van der Waals surface area contributed by atoms with Crippen LogP contribution in [0.1, 0.15) is 28.3 Å². The second-order valence-corrected chi connectivity index (χ2v) is 6.41. The molecule has 20 heavy (non-hydrogen) atoms. The summed E-state index contributed by atoms with van der Waals surface area (Å²) in [5.41, 5.74) is 5.41. The van der Waals surface area contributed by atoms with Gasteiger partial charge in [0.25, 0.3) is 0 Å². The predicted molar refractivity (Wildman–Crippen MR) is 89.6 cm³/mol. The van der Waals surface area contributed by atoms with Crippen molar-refractivity contribution in [3.63, 3.8) is 0 Å². The minimum Gasteiger partial charge on any atom is -0.312 e. The molecular weight excluding hydrogens is 262 g/mol. The van der Waals surface area contributed by atoms with E-state index in [1.807, 2.05) is 18.8 Å². The van der Waals surface area contributed by atoms with Crippen LogP contribution in [0.2, 0.25) is 0 Å². The average Bonchev–Trinajstić information content (AvgIpc) is 2.43. The topological polar surface area (TPSA) is 12.0 Å². The summed E-state index contributed by atoms with van der Waals surface area (Å²) in [7, 11) is 2.04. The van der Waals surface area contributed by atoms with E-state index in [9.17, 15) is 0 Å². The fraction of sp³-hybridized carbons (Fsp3) is 0.333. The Kier molecular flexibility index (Phi) is 5.27. The van der Waals surface area contributed by atoms with Gasteiger partial charge in [0.05, 0.1) is 0 Å². The van der Waals surface area contributed by atoms with Gasteiger partial charge in [0.15, 0.2) is 0 Å². The Morgan fingerprint density at radius 2 is 1.80 bits per heavy atom. The molecule has 0 saturated carbocycles. The molecule has 2 heteroatoms. The maximum atomic E-state index is 3.43. The molecule has 2 aromatic carbocycles. The lowest BCUT2D eigenvalue weighted by atomic mass is 10.0. The highest BCUT2D eigenvalue weighted by Crippen LogP contribution is 2.26. The number of nitrogens with one attached hydrogen (secondary N) is 1. The number of hydrogen-bond acceptors (Lipinski definition) is 2. The van der Waals surface area contributed by atoms with Gasteiger partial charge in [0, 0.05) is 16.7 Å². The molecule has 1 N–H and O–H groups in total. The summed E-state index contributed by atoms with van der Waals surface area (Å²) in [4.78, 5) is 1.34. The van der Waals surface area contributed by atoms with E-state index in [4.69, 9.17) is 0 Å². The molecule has 0 spiro atoms. The lowest BCUT2D eigenvalue weighted by Crippen LogP contribution is -2.18. The molecule has 0 amide bonds. The SMILES string of the molecule is CNC(CSc1cccc(C)c1)c1ccc(C)c(C)c1. The third kappa shape index (κ3) is 3.87. The van der Waals surface area contributed by atoms with Crippen molar-refractivity contribution in [2.75, 3.05) is 12.8 Å². The summed E-state index contributed by atoms with van der Waals surface area (Å²) in [5.74, 6) is 1.04. The monoisotopic (exact) mass is 285 g/mol. The summed E-state index contributed by atoms with van der Waals surface area (Å²) in [6.45, 7) is 6.48. The summed E-state index contributed by atoms with van der Waals surface area (Å²) in [6, 6.07) is 15.8. The van der Waals surface area contributed by atoms with E-state index in [1.165, 1.54) is 27.1 Å². The second kappa shape index (κ2) is 6.96. The van der Waals surface area contributed by atoms with Gasteiger partial charge in [0.2, 0.25) is 0 Å². The number of thioether (sulfide) groups is 1. The van der Waals surface area contributed by atoms with Crippen molar-refractivity contribution in [3.8, 4) is 0 Å². The smallest absolute Gasteiger partial charge is 0.0413 e. The molecule has 2 aromatic rings. The molecule has 0 saturated heterocycles. The Morgan fingerprint density at radius 3 is 2.45 bits per heavy atom. The largest absolute Gasteiger partial charge is 0.312 e. The van der Waals surface area contributed by atoms with Gasteiger partial charge in [-0.2, -0.15) is 0 Å². The first-order chi connectivity index (χ1) is 9.60. The van der Waals surface area contributed by atoms with Gasteiger partial charge < -0.3 is 5.32 Å². The van der Waals surface area contributed by atoms with Crippen LogP contribution >= 0.6 is 11.8 Å². The highest BCUT2D eigenvalue weighted by atomic mass is 32.2. The summed E-state index contributed by atoms with van der Waals surface area (Å²) in [5, 5.41) is 3.43. The lowest BCUT2D eigenvalue weighted by molar-refractivity contribution is 0.661. The molecule has 2 rings (SSSR count). The third-order valence-corrected chi connectivity index (χ3v) is 4.78. The fourth-order valence-corrected chi connectivity index (χ4v) is 3.37. The van der Waals surface area contributed by atoms with Crippen LogP contribution in [0.4, 0.5) is 0 Å². The number of rotatable bonds is 5. The molecule has 0 fully saturated rings. The van der Waals surface area contributed by atoms with Crippen LogP contribution in [0.5, 0.6) is 0 Å². The lowest BCUT2D eigenvalue weighted by Gasteiger charge is -2.17. The number of aryl methyl sites for hydroxylation is 3. The molecule has 0 aliphatic rings. The Labute approximate surface area is 126 Å². The number of hydrogen-bond donors (Lipinski definition) is 1. The predicted octanol–water partition coefficient (Wildman–Crippen LogP) is 4.66. The van der Waals surface area contributed by atoms with Crippen LogP contribution in [-0.4, -0.2) is 12.8 Å². The zero-order chi connectivity index (χ0) is 14.5. The number of benzene rings is 2. The molecule has 0 aromatic heterocycles. The van der Waals surface area contributed by atoms with Crippen LogP contribution in [0, 0.1) is 20.8 Å².